The fourth-order valence-corrected chi connectivity index (χ4v) is 4.12. The van der Waals surface area contributed by atoms with Gasteiger partial charge in [0.25, 0.3) is 0 Å². The van der Waals surface area contributed by atoms with Gasteiger partial charge in [-0.1, -0.05) is 25.4 Å². The highest BCUT2D eigenvalue weighted by molar-refractivity contribution is 7.16. The largest absolute Gasteiger partial charge is 0.309 e. The Hall–Kier alpha value is -0.350. The van der Waals surface area contributed by atoms with Gasteiger partial charge in [0, 0.05) is 27.1 Å². The zero-order chi connectivity index (χ0) is 13.0. The molecule has 0 fully saturated rings. The third kappa shape index (κ3) is 3.58. The van der Waals surface area contributed by atoms with Crippen molar-refractivity contribution in [2.45, 2.75) is 32.7 Å². The maximum absolute atomic E-state index is 5.99. The van der Waals surface area contributed by atoms with Crippen molar-refractivity contribution in [3.8, 4) is 0 Å². The zero-order valence-corrected chi connectivity index (χ0v) is 13.1. The third-order valence-corrected chi connectivity index (χ3v) is 5.46. The molecule has 0 radical (unpaired) electrons. The van der Waals surface area contributed by atoms with Gasteiger partial charge in [0.15, 0.2) is 0 Å². The number of halogens is 1. The lowest BCUT2D eigenvalue weighted by atomic mass is 10.1. The van der Waals surface area contributed by atoms with Crippen molar-refractivity contribution in [3.05, 3.63) is 43.2 Å². The number of hydrogen-bond donors (Lipinski definition) is 1. The third-order valence-electron chi connectivity index (χ3n) is 2.86. The molecule has 18 heavy (non-hydrogen) atoms. The second kappa shape index (κ2) is 6.71. The predicted octanol–water partition coefficient (Wildman–Crippen LogP) is 4.92. The Morgan fingerprint density at radius 1 is 1.11 bits per heavy atom. The van der Waals surface area contributed by atoms with E-state index < -0.39 is 0 Å². The number of thiophene rings is 2. The minimum atomic E-state index is 0.412. The van der Waals surface area contributed by atoms with Crippen LogP contribution in [0.1, 0.15) is 34.5 Å². The van der Waals surface area contributed by atoms with Crippen LogP contribution in [0.25, 0.3) is 0 Å². The highest BCUT2D eigenvalue weighted by atomic mass is 35.5. The normalized spacial score (nSPS) is 12.8. The molecule has 0 bridgehead atoms. The molecule has 0 aliphatic carbocycles. The van der Waals surface area contributed by atoms with E-state index >= 15 is 0 Å². The van der Waals surface area contributed by atoms with Gasteiger partial charge in [0.1, 0.15) is 0 Å². The van der Waals surface area contributed by atoms with Crippen LogP contribution >= 0.6 is 34.3 Å². The Balaban J connectivity index is 2.12. The van der Waals surface area contributed by atoms with Crippen molar-refractivity contribution in [3.63, 3.8) is 0 Å². The molecule has 2 aromatic heterocycles. The quantitative estimate of drug-likeness (QED) is 0.798. The van der Waals surface area contributed by atoms with E-state index in [4.69, 9.17) is 11.6 Å². The van der Waals surface area contributed by atoms with Gasteiger partial charge in [0.05, 0.1) is 4.34 Å². The summed E-state index contributed by atoms with van der Waals surface area (Å²) < 4.78 is 0.876. The van der Waals surface area contributed by atoms with Crippen LogP contribution in [0.5, 0.6) is 0 Å². The molecule has 1 N–H and O–H groups in total. The van der Waals surface area contributed by atoms with Crippen LogP contribution in [0.4, 0.5) is 0 Å². The minimum Gasteiger partial charge on any atom is -0.309 e. The van der Waals surface area contributed by atoms with E-state index in [1.54, 1.807) is 11.3 Å². The molecule has 2 aromatic rings. The molecule has 2 rings (SSSR count). The first-order chi connectivity index (χ1) is 8.72. The molecule has 0 aliphatic heterocycles. The molecule has 0 saturated heterocycles. The van der Waals surface area contributed by atoms with Crippen molar-refractivity contribution < 1.29 is 0 Å². The molecular formula is C14H18ClNS2. The molecule has 98 valence electrons. The molecule has 1 unspecified atom stereocenters. The van der Waals surface area contributed by atoms with E-state index in [0.29, 0.717) is 6.04 Å². The van der Waals surface area contributed by atoms with Gasteiger partial charge < -0.3 is 5.32 Å². The van der Waals surface area contributed by atoms with Crippen molar-refractivity contribution in [1.29, 1.82) is 0 Å². The van der Waals surface area contributed by atoms with Crippen LogP contribution in [0, 0.1) is 0 Å². The first-order valence-corrected chi connectivity index (χ1v) is 8.30. The van der Waals surface area contributed by atoms with E-state index in [9.17, 15) is 0 Å². The molecule has 1 atom stereocenters. The second-order valence-electron chi connectivity index (χ2n) is 4.18. The van der Waals surface area contributed by atoms with Crippen LogP contribution in [-0.2, 0) is 12.8 Å². The maximum Gasteiger partial charge on any atom is 0.0931 e. The van der Waals surface area contributed by atoms with Gasteiger partial charge in [-0.05, 0) is 37.2 Å². The number of likely N-dealkylation sites (N-methyl/N-ethyl adjacent to an activating group) is 1. The van der Waals surface area contributed by atoms with Crippen molar-refractivity contribution >= 4 is 34.3 Å². The summed E-state index contributed by atoms with van der Waals surface area (Å²) in [7, 11) is 0. The standard InChI is InChI=1S/C14H18ClNS2/c1-3-10-5-7-13(17-10)12(16-4-2)9-11-6-8-14(15)18-11/h5-8,12,16H,3-4,9H2,1-2H3. The summed E-state index contributed by atoms with van der Waals surface area (Å²) in [6.07, 6.45) is 2.14. The van der Waals surface area contributed by atoms with Gasteiger partial charge in [-0.2, -0.15) is 0 Å². The number of hydrogen-bond acceptors (Lipinski definition) is 3. The Kier molecular flexibility index (Phi) is 5.25. The smallest absolute Gasteiger partial charge is 0.0931 e. The van der Waals surface area contributed by atoms with E-state index in [1.165, 1.54) is 14.6 Å². The number of nitrogens with one attached hydrogen (secondary N) is 1. The Bertz CT molecular complexity index is 489. The molecular weight excluding hydrogens is 282 g/mol. The van der Waals surface area contributed by atoms with Gasteiger partial charge in [-0.25, -0.2) is 0 Å². The van der Waals surface area contributed by atoms with E-state index in [-0.39, 0.29) is 0 Å². The SMILES string of the molecule is CCNC(Cc1ccc(Cl)s1)c1ccc(CC)s1. The van der Waals surface area contributed by atoms with Crippen LogP contribution in [0.15, 0.2) is 24.3 Å². The summed E-state index contributed by atoms with van der Waals surface area (Å²) in [5.74, 6) is 0. The van der Waals surface area contributed by atoms with Crippen molar-refractivity contribution in [2.24, 2.45) is 0 Å². The fourth-order valence-electron chi connectivity index (χ4n) is 1.95. The lowest BCUT2D eigenvalue weighted by Gasteiger charge is -2.15. The lowest BCUT2D eigenvalue weighted by Crippen LogP contribution is -2.21. The maximum atomic E-state index is 5.99. The summed E-state index contributed by atoms with van der Waals surface area (Å²) in [6.45, 7) is 5.35. The van der Waals surface area contributed by atoms with Crippen LogP contribution in [0.3, 0.4) is 0 Å². The molecule has 0 amide bonds. The summed E-state index contributed by atoms with van der Waals surface area (Å²) >= 11 is 9.59. The first kappa shape index (κ1) is 14.1. The lowest BCUT2D eigenvalue weighted by molar-refractivity contribution is 0.562. The van der Waals surface area contributed by atoms with Crippen LogP contribution in [-0.4, -0.2) is 6.54 Å². The second-order valence-corrected chi connectivity index (χ2v) is 7.18. The number of rotatable bonds is 6. The van der Waals surface area contributed by atoms with Gasteiger partial charge in [0.2, 0.25) is 0 Å². The van der Waals surface area contributed by atoms with Crippen molar-refractivity contribution in [2.75, 3.05) is 6.54 Å². The summed E-state index contributed by atoms with van der Waals surface area (Å²) in [4.78, 5) is 4.23. The van der Waals surface area contributed by atoms with Crippen molar-refractivity contribution in [1.82, 2.24) is 5.32 Å². The summed E-state index contributed by atoms with van der Waals surface area (Å²) in [5, 5.41) is 3.57. The molecule has 2 heterocycles. The summed E-state index contributed by atoms with van der Waals surface area (Å²) in [5.41, 5.74) is 0. The monoisotopic (exact) mass is 299 g/mol. The van der Waals surface area contributed by atoms with Gasteiger partial charge in [-0.15, -0.1) is 22.7 Å². The first-order valence-electron chi connectivity index (χ1n) is 6.29. The molecule has 0 spiro atoms. The molecule has 0 saturated carbocycles. The minimum absolute atomic E-state index is 0.412. The molecule has 0 aliphatic rings. The summed E-state index contributed by atoms with van der Waals surface area (Å²) in [6, 6.07) is 9.02. The average Bonchev–Trinajstić information content (AvgIpc) is 2.97. The Morgan fingerprint density at radius 3 is 2.44 bits per heavy atom. The molecule has 0 aromatic carbocycles. The fraction of sp³-hybridized carbons (Fsp3) is 0.429. The zero-order valence-electron chi connectivity index (χ0n) is 10.7. The van der Waals surface area contributed by atoms with E-state index in [1.807, 2.05) is 17.4 Å². The van der Waals surface area contributed by atoms with Crippen LogP contribution in [0.2, 0.25) is 4.34 Å². The van der Waals surface area contributed by atoms with Gasteiger partial charge >= 0.3 is 0 Å². The molecule has 1 nitrogen and oxygen atoms in total. The highest BCUT2D eigenvalue weighted by Gasteiger charge is 2.14. The van der Waals surface area contributed by atoms with E-state index in [0.717, 1.165) is 23.7 Å². The van der Waals surface area contributed by atoms with Gasteiger partial charge in [-0.3, -0.25) is 0 Å². The Morgan fingerprint density at radius 2 is 1.89 bits per heavy atom. The number of aryl methyl sites for hydroxylation is 1. The Labute approximate surface area is 122 Å². The van der Waals surface area contributed by atoms with E-state index in [2.05, 4.69) is 37.4 Å². The average molecular weight is 300 g/mol. The molecule has 4 heteroatoms. The topological polar surface area (TPSA) is 12.0 Å². The van der Waals surface area contributed by atoms with Crippen LogP contribution < -0.4 is 5.32 Å². The predicted molar refractivity (Wildman–Crippen MR) is 83.1 cm³/mol. The highest BCUT2D eigenvalue weighted by Crippen LogP contribution is 2.30.